The molecule has 96 valence electrons. The second-order valence-electron chi connectivity index (χ2n) is 5.47. The largest absolute Gasteiger partial charge is 0.372 e. The van der Waals surface area contributed by atoms with Crippen LogP contribution in [0.2, 0.25) is 0 Å². The van der Waals surface area contributed by atoms with Crippen LogP contribution in [0, 0.1) is 11.3 Å². The van der Waals surface area contributed by atoms with Crippen LogP contribution in [-0.4, -0.2) is 23.9 Å². The third-order valence-corrected chi connectivity index (χ3v) is 4.02. The Kier molecular flexibility index (Phi) is 4.06. The van der Waals surface area contributed by atoms with Gasteiger partial charge in [-0.1, -0.05) is 13.3 Å². The molecular formula is C14H23NO2. The number of hydrogen-bond donors (Lipinski definition) is 0. The van der Waals surface area contributed by atoms with Crippen LogP contribution in [0.15, 0.2) is 0 Å². The lowest BCUT2D eigenvalue weighted by Gasteiger charge is -2.42. The molecule has 4 atom stereocenters. The average Bonchev–Trinajstić information content (AvgIpc) is 2.61. The van der Waals surface area contributed by atoms with Gasteiger partial charge in [-0.25, -0.2) is 0 Å². The minimum atomic E-state index is -0.0491. The second-order valence-corrected chi connectivity index (χ2v) is 5.47. The van der Waals surface area contributed by atoms with E-state index >= 15 is 0 Å². The van der Waals surface area contributed by atoms with Gasteiger partial charge < -0.3 is 9.47 Å². The Balaban J connectivity index is 2.02. The molecule has 2 heterocycles. The zero-order valence-electron chi connectivity index (χ0n) is 10.9. The molecule has 0 amide bonds. The SMILES string of the molecule is CCC[C@]12CC(C)O[C@H]1CC[C@H](CCC#N)O2. The number of rotatable bonds is 4. The van der Waals surface area contributed by atoms with Crippen LogP contribution in [0.4, 0.5) is 0 Å². The molecule has 2 aliphatic rings. The fraction of sp³-hybridized carbons (Fsp3) is 0.929. The standard InChI is InChI=1S/C14H23NO2/c1-3-8-14-10-11(2)16-13(14)7-6-12(17-14)5-4-9-15/h11-13H,3-8,10H2,1-2H3/t11?,12-,13-,14-/m0/s1. The molecule has 0 aromatic heterocycles. The lowest BCUT2D eigenvalue weighted by atomic mass is 9.83. The molecule has 0 aliphatic carbocycles. The summed E-state index contributed by atoms with van der Waals surface area (Å²) in [6.07, 6.45) is 7.75. The molecule has 1 unspecified atom stereocenters. The van der Waals surface area contributed by atoms with E-state index in [1.54, 1.807) is 0 Å². The van der Waals surface area contributed by atoms with Crippen LogP contribution in [0.25, 0.3) is 0 Å². The molecule has 2 aliphatic heterocycles. The molecule has 17 heavy (non-hydrogen) atoms. The monoisotopic (exact) mass is 237 g/mol. The predicted molar refractivity (Wildman–Crippen MR) is 65.5 cm³/mol. The van der Waals surface area contributed by atoms with E-state index in [1.165, 1.54) is 0 Å². The molecule has 0 bridgehead atoms. The Morgan fingerprint density at radius 2 is 2.24 bits per heavy atom. The molecule has 2 saturated heterocycles. The first-order chi connectivity index (χ1) is 8.20. The molecule has 0 spiro atoms. The van der Waals surface area contributed by atoms with Gasteiger partial charge in [0.25, 0.3) is 0 Å². The number of fused-ring (bicyclic) bond motifs is 1. The van der Waals surface area contributed by atoms with Gasteiger partial charge in [-0.2, -0.15) is 5.26 Å². The van der Waals surface area contributed by atoms with Crippen molar-refractivity contribution in [3.63, 3.8) is 0 Å². The van der Waals surface area contributed by atoms with E-state index < -0.39 is 0 Å². The summed E-state index contributed by atoms with van der Waals surface area (Å²) in [7, 11) is 0. The van der Waals surface area contributed by atoms with Crippen molar-refractivity contribution in [2.75, 3.05) is 0 Å². The van der Waals surface area contributed by atoms with Gasteiger partial charge in [-0.3, -0.25) is 0 Å². The van der Waals surface area contributed by atoms with Crippen molar-refractivity contribution in [3.8, 4) is 6.07 Å². The Morgan fingerprint density at radius 1 is 1.41 bits per heavy atom. The van der Waals surface area contributed by atoms with Crippen LogP contribution in [0.5, 0.6) is 0 Å². The zero-order chi connectivity index (χ0) is 12.3. The molecule has 0 aromatic rings. The van der Waals surface area contributed by atoms with Crippen LogP contribution < -0.4 is 0 Å². The summed E-state index contributed by atoms with van der Waals surface area (Å²) in [5.74, 6) is 0. The summed E-state index contributed by atoms with van der Waals surface area (Å²) in [5, 5.41) is 8.66. The molecule has 0 N–H and O–H groups in total. The van der Waals surface area contributed by atoms with Crippen LogP contribution in [0.1, 0.15) is 58.8 Å². The van der Waals surface area contributed by atoms with Crippen LogP contribution >= 0.6 is 0 Å². The zero-order valence-corrected chi connectivity index (χ0v) is 10.9. The first-order valence-electron chi connectivity index (χ1n) is 6.90. The highest BCUT2D eigenvalue weighted by atomic mass is 16.6. The Morgan fingerprint density at radius 3 is 2.94 bits per heavy atom. The number of hydrogen-bond acceptors (Lipinski definition) is 3. The maximum absolute atomic E-state index is 8.66. The summed E-state index contributed by atoms with van der Waals surface area (Å²) in [5.41, 5.74) is -0.0491. The number of nitrogens with zero attached hydrogens (tertiary/aromatic N) is 1. The van der Waals surface area contributed by atoms with Crippen molar-refractivity contribution in [1.29, 1.82) is 5.26 Å². The summed E-state index contributed by atoms with van der Waals surface area (Å²) in [4.78, 5) is 0. The van der Waals surface area contributed by atoms with Gasteiger partial charge in [0.15, 0.2) is 0 Å². The Bertz CT molecular complexity index is 299. The van der Waals surface area contributed by atoms with Gasteiger partial charge in [0, 0.05) is 12.8 Å². The predicted octanol–water partition coefficient (Wildman–Crippen LogP) is 3.19. The lowest BCUT2D eigenvalue weighted by Crippen LogP contribution is -2.48. The quantitative estimate of drug-likeness (QED) is 0.754. The highest BCUT2D eigenvalue weighted by Gasteiger charge is 2.50. The van der Waals surface area contributed by atoms with E-state index in [0.717, 1.165) is 38.5 Å². The van der Waals surface area contributed by atoms with Crippen molar-refractivity contribution in [2.24, 2.45) is 0 Å². The highest BCUT2D eigenvalue weighted by Crippen LogP contribution is 2.44. The summed E-state index contributed by atoms with van der Waals surface area (Å²) in [6, 6.07) is 2.22. The average molecular weight is 237 g/mol. The van der Waals surface area contributed by atoms with E-state index in [1.807, 2.05) is 0 Å². The Labute approximate surface area is 104 Å². The van der Waals surface area contributed by atoms with Gasteiger partial charge in [0.1, 0.15) is 0 Å². The summed E-state index contributed by atoms with van der Waals surface area (Å²) in [6.45, 7) is 4.35. The maximum atomic E-state index is 8.66. The third-order valence-electron chi connectivity index (χ3n) is 4.02. The van der Waals surface area contributed by atoms with Crippen molar-refractivity contribution in [1.82, 2.24) is 0 Å². The molecule has 3 heteroatoms. The first-order valence-corrected chi connectivity index (χ1v) is 6.90. The van der Waals surface area contributed by atoms with Crippen molar-refractivity contribution < 1.29 is 9.47 Å². The van der Waals surface area contributed by atoms with Crippen LogP contribution in [-0.2, 0) is 9.47 Å². The van der Waals surface area contributed by atoms with E-state index in [-0.39, 0.29) is 17.8 Å². The third kappa shape index (κ3) is 2.64. The van der Waals surface area contributed by atoms with E-state index in [2.05, 4.69) is 19.9 Å². The minimum absolute atomic E-state index is 0.0491. The first kappa shape index (κ1) is 12.9. The van der Waals surface area contributed by atoms with E-state index in [9.17, 15) is 0 Å². The van der Waals surface area contributed by atoms with Gasteiger partial charge in [0.05, 0.1) is 30.0 Å². The minimum Gasteiger partial charge on any atom is -0.372 e. The molecule has 0 radical (unpaired) electrons. The normalized spacial score (nSPS) is 40.9. The number of ether oxygens (including phenoxy) is 2. The van der Waals surface area contributed by atoms with Crippen molar-refractivity contribution in [2.45, 2.75) is 82.7 Å². The van der Waals surface area contributed by atoms with Crippen molar-refractivity contribution in [3.05, 3.63) is 0 Å². The molecule has 3 nitrogen and oxygen atoms in total. The lowest BCUT2D eigenvalue weighted by molar-refractivity contribution is -0.169. The topological polar surface area (TPSA) is 42.2 Å². The summed E-state index contributed by atoms with van der Waals surface area (Å²) < 4.78 is 12.3. The van der Waals surface area contributed by atoms with Gasteiger partial charge in [-0.05, 0) is 32.6 Å². The fourth-order valence-electron chi connectivity index (χ4n) is 3.43. The van der Waals surface area contributed by atoms with E-state index in [0.29, 0.717) is 12.5 Å². The molecule has 2 rings (SSSR count). The molecule has 0 saturated carbocycles. The molecule has 0 aromatic carbocycles. The maximum Gasteiger partial charge on any atom is 0.0971 e. The highest BCUT2D eigenvalue weighted by molar-refractivity contribution is 5.00. The van der Waals surface area contributed by atoms with Crippen LogP contribution in [0.3, 0.4) is 0 Å². The van der Waals surface area contributed by atoms with Gasteiger partial charge in [0.2, 0.25) is 0 Å². The molecule has 2 fully saturated rings. The van der Waals surface area contributed by atoms with Crippen molar-refractivity contribution >= 4 is 0 Å². The number of nitriles is 1. The van der Waals surface area contributed by atoms with E-state index in [4.69, 9.17) is 14.7 Å². The molecular weight excluding hydrogens is 214 g/mol. The Hall–Kier alpha value is -0.590. The smallest absolute Gasteiger partial charge is 0.0971 e. The summed E-state index contributed by atoms with van der Waals surface area (Å²) >= 11 is 0. The second kappa shape index (κ2) is 5.37. The van der Waals surface area contributed by atoms with Gasteiger partial charge >= 0.3 is 0 Å². The van der Waals surface area contributed by atoms with Gasteiger partial charge in [-0.15, -0.1) is 0 Å². The fourth-order valence-corrected chi connectivity index (χ4v) is 3.43.